The van der Waals surface area contributed by atoms with Crippen LogP contribution in [-0.2, 0) is 6.54 Å². The predicted molar refractivity (Wildman–Crippen MR) is 110 cm³/mol. The summed E-state index contributed by atoms with van der Waals surface area (Å²) < 4.78 is 3.35. The van der Waals surface area contributed by atoms with Gasteiger partial charge in [-0.25, -0.2) is 0 Å². The lowest BCUT2D eigenvalue weighted by molar-refractivity contribution is -0.699. The van der Waals surface area contributed by atoms with Crippen molar-refractivity contribution in [3.05, 3.63) is 64.8 Å². The van der Waals surface area contributed by atoms with Crippen molar-refractivity contribution < 1.29 is 9.36 Å². The minimum absolute atomic E-state index is 0.763. The van der Waals surface area contributed by atoms with E-state index in [1.807, 2.05) is 12.1 Å². The highest BCUT2D eigenvalue weighted by Crippen LogP contribution is 2.29. The van der Waals surface area contributed by atoms with E-state index in [-0.39, 0.29) is 0 Å². The van der Waals surface area contributed by atoms with E-state index in [0.717, 1.165) is 47.0 Å². The molecule has 0 amide bonds. The third kappa shape index (κ3) is 4.45. The number of carbonyl (C=O) groups excluding carboxylic acids is 1. The summed E-state index contributed by atoms with van der Waals surface area (Å²) >= 11 is 1.63. The SMILES string of the molecule is NCCCCCC[n+]1ccccc1/C=C/c1csc2c(C=O)cccc12. The molecule has 1 aromatic carbocycles. The van der Waals surface area contributed by atoms with E-state index in [0.29, 0.717) is 0 Å². The minimum atomic E-state index is 0.763. The first-order valence-corrected chi connectivity index (χ1v) is 10.0. The number of hydrogen-bond acceptors (Lipinski definition) is 3. The topological polar surface area (TPSA) is 47.0 Å². The van der Waals surface area contributed by atoms with Crippen molar-refractivity contribution in [2.75, 3.05) is 6.54 Å². The van der Waals surface area contributed by atoms with Gasteiger partial charge in [0.05, 0.1) is 0 Å². The Balaban J connectivity index is 1.76. The molecule has 0 unspecified atom stereocenters. The van der Waals surface area contributed by atoms with Crippen LogP contribution in [0.2, 0.25) is 0 Å². The van der Waals surface area contributed by atoms with Crippen molar-refractivity contribution in [1.82, 2.24) is 0 Å². The van der Waals surface area contributed by atoms with Crippen LogP contribution >= 0.6 is 11.3 Å². The van der Waals surface area contributed by atoms with Crippen LogP contribution in [0.3, 0.4) is 0 Å². The van der Waals surface area contributed by atoms with Crippen LogP contribution in [0.25, 0.3) is 22.2 Å². The largest absolute Gasteiger partial charge is 0.330 e. The second-order valence-corrected chi connectivity index (χ2v) is 7.27. The van der Waals surface area contributed by atoms with Crippen molar-refractivity contribution in [1.29, 1.82) is 0 Å². The number of aromatic nitrogens is 1. The van der Waals surface area contributed by atoms with Crippen LogP contribution in [0, 0.1) is 0 Å². The standard InChI is InChI=1S/C22H25N2OS/c23-13-4-1-2-5-14-24-15-6-3-9-20(24)12-11-19-17-26-22-18(16-25)8-7-10-21(19)22/h3,6-12,15-17H,1-2,4-5,13-14,23H2/q+1/b12-11+. The number of thiophene rings is 1. The summed E-state index contributed by atoms with van der Waals surface area (Å²) in [5.74, 6) is 0. The molecule has 0 atom stereocenters. The molecule has 4 heteroatoms. The van der Waals surface area contributed by atoms with Crippen molar-refractivity contribution in [3.8, 4) is 0 Å². The van der Waals surface area contributed by atoms with Crippen LogP contribution in [-0.4, -0.2) is 12.8 Å². The Hall–Kier alpha value is -2.30. The Morgan fingerprint density at radius 2 is 1.85 bits per heavy atom. The van der Waals surface area contributed by atoms with Crippen molar-refractivity contribution >= 4 is 39.9 Å². The number of hydrogen-bond donors (Lipinski definition) is 1. The zero-order chi connectivity index (χ0) is 18.2. The lowest BCUT2D eigenvalue weighted by Gasteiger charge is -2.01. The van der Waals surface area contributed by atoms with Gasteiger partial charge in [0.1, 0.15) is 6.54 Å². The first-order valence-electron chi connectivity index (χ1n) is 9.15. The molecule has 0 spiro atoms. The summed E-state index contributed by atoms with van der Waals surface area (Å²) in [5, 5.41) is 3.26. The first kappa shape index (κ1) is 18.5. The number of aryl methyl sites for hydroxylation is 1. The lowest BCUT2D eigenvalue weighted by atomic mass is 10.1. The molecular weight excluding hydrogens is 340 g/mol. The quantitative estimate of drug-likeness (QED) is 0.340. The molecule has 0 radical (unpaired) electrons. The number of unbranched alkanes of at least 4 members (excludes halogenated alkanes) is 3. The summed E-state index contributed by atoms with van der Waals surface area (Å²) in [7, 11) is 0. The summed E-state index contributed by atoms with van der Waals surface area (Å²) in [4.78, 5) is 11.2. The Labute approximate surface area is 158 Å². The number of benzene rings is 1. The Bertz CT molecular complexity index is 898. The molecule has 3 nitrogen and oxygen atoms in total. The molecule has 0 saturated carbocycles. The van der Waals surface area contributed by atoms with Gasteiger partial charge in [0.25, 0.3) is 0 Å². The maximum Gasteiger partial charge on any atom is 0.205 e. The monoisotopic (exact) mass is 365 g/mol. The third-order valence-electron chi connectivity index (χ3n) is 4.55. The van der Waals surface area contributed by atoms with Gasteiger partial charge in [0.15, 0.2) is 12.5 Å². The van der Waals surface area contributed by atoms with E-state index in [1.165, 1.54) is 25.0 Å². The summed E-state index contributed by atoms with van der Waals surface area (Å²) in [6.45, 7) is 1.80. The lowest BCUT2D eigenvalue weighted by Crippen LogP contribution is -2.36. The number of aldehydes is 1. The van der Waals surface area contributed by atoms with Gasteiger partial charge in [0.2, 0.25) is 5.69 Å². The number of nitrogens with two attached hydrogens (primary N) is 1. The molecule has 26 heavy (non-hydrogen) atoms. The average molecular weight is 366 g/mol. The Morgan fingerprint density at radius 1 is 0.962 bits per heavy atom. The van der Waals surface area contributed by atoms with Crippen molar-refractivity contribution in [3.63, 3.8) is 0 Å². The summed E-state index contributed by atoms with van der Waals surface area (Å²) in [6.07, 6.45) is 12.1. The van der Waals surface area contributed by atoms with Crippen LogP contribution in [0.15, 0.2) is 48.0 Å². The number of fused-ring (bicyclic) bond motifs is 1. The normalized spacial score (nSPS) is 11.4. The second kappa shape index (κ2) is 9.41. The van der Waals surface area contributed by atoms with E-state index in [9.17, 15) is 4.79 Å². The highest BCUT2D eigenvalue weighted by molar-refractivity contribution is 7.17. The maximum absolute atomic E-state index is 11.2. The molecule has 0 saturated heterocycles. The highest BCUT2D eigenvalue weighted by atomic mass is 32.1. The predicted octanol–water partition coefficient (Wildman–Crippen LogP) is 4.69. The molecule has 0 aliphatic rings. The van der Waals surface area contributed by atoms with Crippen molar-refractivity contribution in [2.45, 2.75) is 32.2 Å². The number of pyridine rings is 1. The Kier molecular flexibility index (Phi) is 6.69. The number of nitrogens with zero attached hydrogens (tertiary/aromatic N) is 1. The van der Waals surface area contributed by atoms with Crippen molar-refractivity contribution in [2.24, 2.45) is 5.73 Å². The van der Waals surface area contributed by atoms with Crippen LogP contribution in [0.1, 0.15) is 47.3 Å². The van der Waals surface area contributed by atoms with Gasteiger partial charge in [-0.15, -0.1) is 11.3 Å². The molecule has 2 heterocycles. The van der Waals surface area contributed by atoms with Gasteiger partial charge in [-0.3, -0.25) is 4.79 Å². The van der Waals surface area contributed by atoms with Gasteiger partial charge in [-0.1, -0.05) is 24.6 Å². The summed E-state index contributed by atoms with van der Waals surface area (Å²) in [5.41, 5.74) is 8.67. The molecule has 2 aromatic heterocycles. The zero-order valence-corrected chi connectivity index (χ0v) is 15.8. The van der Waals surface area contributed by atoms with Gasteiger partial charge in [-0.05, 0) is 42.5 Å². The van der Waals surface area contributed by atoms with Gasteiger partial charge in [-0.2, -0.15) is 4.57 Å². The van der Waals surface area contributed by atoms with Gasteiger partial charge >= 0.3 is 0 Å². The fourth-order valence-corrected chi connectivity index (χ4v) is 4.14. The Morgan fingerprint density at radius 3 is 2.69 bits per heavy atom. The first-order chi connectivity index (χ1) is 12.8. The molecule has 3 aromatic rings. The molecule has 0 aliphatic carbocycles. The van der Waals surface area contributed by atoms with E-state index in [2.05, 4.69) is 52.6 Å². The number of carbonyl (C=O) groups is 1. The van der Waals surface area contributed by atoms with Crippen LogP contribution in [0.4, 0.5) is 0 Å². The second-order valence-electron chi connectivity index (χ2n) is 6.39. The zero-order valence-electron chi connectivity index (χ0n) is 14.9. The van der Waals surface area contributed by atoms with Gasteiger partial charge in [0, 0.05) is 40.3 Å². The van der Waals surface area contributed by atoms with E-state index in [4.69, 9.17) is 5.73 Å². The molecular formula is C22H25N2OS+. The van der Waals surface area contributed by atoms with E-state index < -0.39 is 0 Å². The van der Waals surface area contributed by atoms with E-state index >= 15 is 0 Å². The van der Waals surface area contributed by atoms with Crippen LogP contribution < -0.4 is 10.3 Å². The fourth-order valence-electron chi connectivity index (χ4n) is 3.12. The van der Waals surface area contributed by atoms with Gasteiger partial charge < -0.3 is 5.73 Å². The smallest absolute Gasteiger partial charge is 0.205 e. The molecule has 0 fully saturated rings. The molecule has 0 aliphatic heterocycles. The minimum Gasteiger partial charge on any atom is -0.330 e. The van der Waals surface area contributed by atoms with Crippen LogP contribution in [0.5, 0.6) is 0 Å². The highest BCUT2D eigenvalue weighted by Gasteiger charge is 2.08. The molecule has 3 rings (SSSR count). The molecule has 0 bridgehead atoms. The molecule has 134 valence electrons. The number of rotatable bonds is 9. The molecule has 2 N–H and O–H groups in total. The average Bonchev–Trinajstić information content (AvgIpc) is 3.10. The van der Waals surface area contributed by atoms with E-state index in [1.54, 1.807) is 11.3 Å². The maximum atomic E-state index is 11.2. The summed E-state index contributed by atoms with van der Waals surface area (Å²) in [6, 6.07) is 12.2. The fraction of sp³-hybridized carbons (Fsp3) is 0.273. The third-order valence-corrected chi connectivity index (χ3v) is 5.61.